The van der Waals surface area contributed by atoms with Crippen molar-refractivity contribution in [2.75, 3.05) is 0 Å². The minimum Gasteiger partial charge on any atom is -0.358 e. The van der Waals surface area contributed by atoms with E-state index in [9.17, 15) is 20.4 Å². The van der Waals surface area contributed by atoms with E-state index in [0.717, 1.165) is 29.0 Å². The summed E-state index contributed by atoms with van der Waals surface area (Å²) in [4.78, 5) is 8.44. The van der Waals surface area contributed by atoms with E-state index in [1.165, 1.54) is 0 Å². The van der Waals surface area contributed by atoms with Crippen molar-refractivity contribution in [3.05, 3.63) is 58.8 Å². The third kappa shape index (κ3) is 1.69. The lowest BCUT2D eigenvalue weighted by molar-refractivity contribution is -0.309. The van der Waals surface area contributed by atoms with E-state index in [0.29, 0.717) is 11.1 Å². The molecule has 0 bridgehead atoms. The fourth-order valence-corrected chi connectivity index (χ4v) is 2.73. The molecular formula is C16H12N2O4. The van der Waals surface area contributed by atoms with Crippen LogP contribution in [0.3, 0.4) is 0 Å². The molecule has 0 spiro atoms. The molecule has 0 unspecified atom stereocenters. The number of aliphatic imine (C=N–C) groups is 2. The van der Waals surface area contributed by atoms with Crippen molar-refractivity contribution >= 4 is 23.7 Å². The van der Waals surface area contributed by atoms with Gasteiger partial charge < -0.3 is 20.4 Å². The highest BCUT2D eigenvalue weighted by molar-refractivity contribution is 6.24. The van der Waals surface area contributed by atoms with Gasteiger partial charge in [0, 0.05) is 40.8 Å². The predicted octanol–water partition coefficient (Wildman–Crippen LogP) is 0.426. The van der Waals surface area contributed by atoms with Crippen molar-refractivity contribution in [3.63, 3.8) is 0 Å². The van der Waals surface area contributed by atoms with Crippen LogP contribution in [0.1, 0.15) is 5.56 Å². The number of nitrogens with zero attached hydrogens (tertiary/aromatic N) is 2. The normalized spacial score (nSPS) is 26.5. The molecule has 1 aromatic carbocycles. The lowest BCUT2D eigenvalue weighted by Crippen LogP contribution is -2.53. The van der Waals surface area contributed by atoms with Gasteiger partial charge in [0.1, 0.15) is 0 Å². The first-order valence-corrected chi connectivity index (χ1v) is 6.67. The van der Waals surface area contributed by atoms with E-state index in [-0.39, 0.29) is 5.70 Å². The van der Waals surface area contributed by atoms with Gasteiger partial charge in [-0.3, -0.25) is 9.98 Å². The number of aliphatic hydroxyl groups is 4. The first-order valence-electron chi connectivity index (χ1n) is 6.67. The molecule has 110 valence electrons. The second-order valence-electron chi connectivity index (χ2n) is 5.40. The Balaban J connectivity index is 1.90. The predicted molar refractivity (Wildman–Crippen MR) is 80.5 cm³/mol. The summed E-state index contributed by atoms with van der Waals surface area (Å²) in [5.74, 6) is -5.58. The Bertz CT molecular complexity index is 841. The number of hydrogen-bond donors (Lipinski definition) is 4. The van der Waals surface area contributed by atoms with Crippen molar-refractivity contribution in [3.8, 4) is 0 Å². The summed E-state index contributed by atoms with van der Waals surface area (Å²) in [7, 11) is 0. The summed E-state index contributed by atoms with van der Waals surface area (Å²) >= 11 is 0. The lowest BCUT2D eigenvalue weighted by Gasteiger charge is -2.33. The van der Waals surface area contributed by atoms with Crippen LogP contribution in [0.5, 0.6) is 0 Å². The van der Waals surface area contributed by atoms with Gasteiger partial charge in [-0.2, -0.15) is 0 Å². The first-order chi connectivity index (χ1) is 10.4. The highest BCUT2D eigenvalue weighted by atomic mass is 16.6. The molecule has 0 saturated heterocycles. The quantitative estimate of drug-likeness (QED) is 0.521. The number of allylic oxidation sites excluding steroid dienone is 2. The third-order valence-electron chi connectivity index (χ3n) is 3.94. The molecule has 6 nitrogen and oxygen atoms in total. The highest BCUT2D eigenvalue weighted by Gasteiger charge is 2.49. The van der Waals surface area contributed by atoms with Gasteiger partial charge in [0.15, 0.2) is 0 Å². The SMILES string of the molecule is OC1(O)C=C2N=CC(=C3C=Nc4ccccc43)C2=CC1(O)O. The Morgan fingerprint density at radius 2 is 1.45 bits per heavy atom. The second kappa shape index (κ2) is 4.08. The third-order valence-corrected chi connectivity index (χ3v) is 3.94. The first kappa shape index (κ1) is 13.3. The molecule has 4 N–H and O–H groups in total. The standard InChI is InChI=1S/C16H12N2O4/c19-15(20)5-10-12(8-18-14(10)6-16(15,21)22)11-7-17-13-4-2-1-3-9(11)13/h1-8,19-22H. The maximum atomic E-state index is 9.83. The molecule has 1 aromatic rings. The van der Waals surface area contributed by atoms with Crippen molar-refractivity contribution in [1.29, 1.82) is 0 Å². The molecule has 2 heterocycles. The smallest absolute Gasteiger partial charge is 0.245 e. The minimum absolute atomic E-state index is 0.281. The minimum atomic E-state index is -2.79. The molecule has 6 heteroatoms. The maximum Gasteiger partial charge on any atom is 0.245 e. The van der Waals surface area contributed by atoms with E-state index in [1.54, 1.807) is 12.4 Å². The van der Waals surface area contributed by atoms with Crippen LogP contribution in [0.4, 0.5) is 5.69 Å². The van der Waals surface area contributed by atoms with E-state index < -0.39 is 11.6 Å². The molecule has 0 fully saturated rings. The fourth-order valence-electron chi connectivity index (χ4n) is 2.73. The van der Waals surface area contributed by atoms with Crippen LogP contribution in [0, 0.1) is 0 Å². The van der Waals surface area contributed by atoms with Crippen LogP contribution in [-0.4, -0.2) is 44.4 Å². The van der Waals surface area contributed by atoms with E-state index in [2.05, 4.69) is 9.98 Å². The fraction of sp³-hybridized carbons (Fsp3) is 0.125. The summed E-state index contributed by atoms with van der Waals surface area (Å²) in [6.07, 6.45) is 5.15. The summed E-state index contributed by atoms with van der Waals surface area (Å²) in [6.45, 7) is 0. The average Bonchev–Trinajstić information content (AvgIpc) is 3.02. The maximum absolute atomic E-state index is 9.83. The number of rotatable bonds is 0. The van der Waals surface area contributed by atoms with Gasteiger partial charge in [0.25, 0.3) is 0 Å². The zero-order chi connectivity index (χ0) is 15.5. The molecule has 0 aromatic heterocycles. The molecule has 3 aliphatic rings. The van der Waals surface area contributed by atoms with Gasteiger partial charge in [0.05, 0.1) is 11.4 Å². The molecule has 0 saturated carbocycles. The van der Waals surface area contributed by atoms with Gasteiger partial charge >= 0.3 is 0 Å². The molecule has 0 amide bonds. The average molecular weight is 296 g/mol. The zero-order valence-corrected chi connectivity index (χ0v) is 11.3. The van der Waals surface area contributed by atoms with E-state index >= 15 is 0 Å². The molecule has 4 rings (SSSR count). The van der Waals surface area contributed by atoms with Gasteiger partial charge in [-0.15, -0.1) is 0 Å². The molecule has 2 aliphatic heterocycles. The number of benzene rings is 1. The van der Waals surface area contributed by atoms with Gasteiger partial charge in [0.2, 0.25) is 11.6 Å². The van der Waals surface area contributed by atoms with Crippen LogP contribution in [0.2, 0.25) is 0 Å². The number of hydrogen-bond acceptors (Lipinski definition) is 6. The molecule has 22 heavy (non-hydrogen) atoms. The Hall–Kier alpha value is -2.38. The van der Waals surface area contributed by atoms with Crippen molar-refractivity contribution in [1.82, 2.24) is 0 Å². The monoisotopic (exact) mass is 296 g/mol. The molecular weight excluding hydrogens is 284 g/mol. The summed E-state index contributed by atoms with van der Waals surface area (Å²) in [5.41, 5.74) is 3.91. The summed E-state index contributed by atoms with van der Waals surface area (Å²) in [5, 5.41) is 39.0. The van der Waals surface area contributed by atoms with Gasteiger partial charge in [-0.25, -0.2) is 0 Å². The summed E-state index contributed by atoms with van der Waals surface area (Å²) in [6, 6.07) is 7.57. The van der Waals surface area contributed by atoms with Crippen molar-refractivity contribution in [2.24, 2.45) is 9.98 Å². The number of fused-ring (bicyclic) bond motifs is 2. The number of para-hydroxylation sites is 1. The summed E-state index contributed by atoms with van der Waals surface area (Å²) < 4.78 is 0. The Morgan fingerprint density at radius 1 is 0.773 bits per heavy atom. The Morgan fingerprint density at radius 3 is 2.27 bits per heavy atom. The van der Waals surface area contributed by atoms with Crippen LogP contribution in [0.15, 0.2) is 63.2 Å². The molecule has 0 radical (unpaired) electrons. The van der Waals surface area contributed by atoms with Crippen molar-refractivity contribution in [2.45, 2.75) is 11.6 Å². The van der Waals surface area contributed by atoms with Gasteiger partial charge in [-0.05, 0) is 12.1 Å². The van der Waals surface area contributed by atoms with Crippen LogP contribution < -0.4 is 0 Å². The Kier molecular flexibility index (Phi) is 2.47. The zero-order valence-electron chi connectivity index (χ0n) is 11.3. The lowest BCUT2D eigenvalue weighted by atomic mass is 9.88. The van der Waals surface area contributed by atoms with Gasteiger partial charge in [-0.1, -0.05) is 18.2 Å². The van der Waals surface area contributed by atoms with E-state index in [1.807, 2.05) is 24.3 Å². The molecule has 0 atom stereocenters. The van der Waals surface area contributed by atoms with Crippen LogP contribution in [0.25, 0.3) is 5.57 Å². The van der Waals surface area contributed by atoms with E-state index in [4.69, 9.17) is 0 Å². The van der Waals surface area contributed by atoms with Crippen LogP contribution in [-0.2, 0) is 0 Å². The highest BCUT2D eigenvalue weighted by Crippen LogP contribution is 2.42. The largest absolute Gasteiger partial charge is 0.358 e. The topological polar surface area (TPSA) is 106 Å². The molecule has 1 aliphatic carbocycles. The second-order valence-corrected chi connectivity index (χ2v) is 5.40. The Labute approximate surface area is 125 Å². The van der Waals surface area contributed by atoms with Crippen LogP contribution >= 0.6 is 0 Å². The van der Waals surface area contributed by atoms with Crippen molar-refractivity contribution < 1.29 is 20.4 Å².